The molecule has 0 aliphatic carbocycles. The lowest BCUT2D eigenvalue weighted by Gasteiger charge is -2.10. The van der Waals surface area contributed by atoms with E-state index in [9.17, 15) is 18.0 Å². The van der Waals surface area contributed by atoms with Gasteiger partial charge < -0.3 is 15.0 Å². The Labute approximate surface area is 109 Å². The molecule has 2 rings (SSSR count). The standard InChI is InChI=1S/C11H14N2O5S/c1-18-10-5-12-8(4-9(10)14)11(15)13-7-2-3-19(16,17)6-7/h4-5,7H,2-3,6H2,1H3,(H,12,14)(H,13,15). The maximum absolute atomic E-state index is 11.8. The van der Waals surface area contributed by atoms with Crippen LogP contribution in [0, 0.1) is 0 Å². The lowest BCUT2D eigenvalue weighted by molar-refractivity contribution is 0.0936. The minimum atomic E-state index is -3.05. The van der Waals surface area contributed by atoms with Gasteiger partial charge in [0.2, 0.25) is 5.43 Å². The Bertz CT molecular complexity index is 649. The third-order valence-electron chi connectivity index (χ3n) is 2.91. The first-order valence-corrected chi connectivity index (χ1v) is 7.51. The van der Waals surface area contributed by atoms with Gasteiger partial charge in [0, 0.05) is 18.3 Å². The molecular formula is C11H14N2O5S. The second kappa shape index (κ2) is 5.04. The molecule has 2 N–H and O–H groups in total. The molecule has 0 saturated carbocycles. The Balaban J connectivity index is 2.09. The summed E-state index contributed by atoms with van der Waals surface area (Å²) in [6.07, 6.45) is 1.69. The Hall–Kier alpha value is -1.83. The van der Waals surface area contributed by atoms with Gasteiger partial charge >= 0.3 is 0 Å². The molecular weight excluding hydrogens is 272 g/mol. The molecule has 1 aliphatic rings. The summed E-state index contributed by atoms with van der Waals surface area (Å²) < 4.78 is 27.3. The predicted molar refractivity (Wildman–Crippen MR) is 68.1 cm³/mol. The maximum Gasteiger partial charge on any atom is 0.268 e. The van der Waals surface area contributed by atoms with Gasteiger partial charge in [-0.25, -0.2) is 8.42 Å². The number of rotatable bonds is 3. The zero-order valence-electron chi connectivity index (χ0n) is 10.3. The van der Waals surface area contributed by atoms with E-state index >= 15 is 0 Å². The van der Waals surface area contributed by atoms with Gasteiger partial charge in [-0.05, 0) is 6.42 Å². The molecule has 1 unspecified atom stereocenters. The van der Waals surface area contributed by atoms with Gasteiger partial charge in [0.15, 0.2) is 15.6 Å². The molecule has 1 fully saturated rings. The van der Waals surface area contributed by atoms with E-state index in [-0.39, 0.29) is 22.9 Å². The number of methoxy groups -OCH3 is 1. The van der Waals surface area contributed by atoms with E-state index in [1.807, 2.05) is 0 Å². The number of H-pyrrole nitrogens is 1. The fourth-order valence-electron chi connectivity index (χ4n) is 1.92. The number of aromatic nitrogens is 1. The summed E-state index contributed by atoms with van der Waals surface area (Å²) >= 11 is 0. The Morgan fingerprint density at radius 2 is 2.26 bits per heavy atom. The van der Waals surface area contributed by atoms with Crippen LogP contribution in [0.25, 0.3) is 0 Å². The zero-order valence-corrected chi connectivity index (χ0v) is 11.1. The van der Waals surface area contributed by atoms with E-state index in [2.05, 4.69) is 10.3 Å². The first kappa shape index (κ1) is 13.6. The van der Waals surface area contributed by atoms with Crippen molar-refractivity contribution in [3.8, 4) is 5.75 Å². The molecule has 0 bridgehead atoms. The van der Waals surface area contributed by atoms with Crippen LogP contribution in [0.1, 0.15) is 16.9 Å². The van der Waals surface area contributed by atoms with Gasteiger partial charge in [-0.3, -0.25) is 9.59 Å². The van der Waals surface area contributed by atoms with E-state index < -0.39 is 27.2 Å². The van der Waals surface area contributed by atoms with E-state index in [1.165, 1.54) is 13.3 Å². The topological polar surface area (TPSA) is 105 Å². The average Bonchev–Trinajstić information content (AvgIpc) is 2.68. The number of ether oxygens (including phenoxy) is 1. The molecule has 7 nitrogen and oxygen atoms in total. The second-order valence-electron chi connectivity index (χ2n) is 4.35. The maximum atomic E-state index is 11.8. The smallest absolute Gasteiger partial charge is 0.268 e. The van der Waals surface area contributed by atoms with Crippen molar-refractivity contribution in [2.75, 3.05) is 18.6 Å². The number of sulfone groups is 1. The predicted octanol–water partition coefficient (Wildman–Crippen LogP) is -0.700. The van der Waals surface area contributed by atoms with E-state index in [0.717, 1.165) is 6.07 Å². The van der Waals surface area contributed by atoms with Crippen LogP contribution in [-0.4, -0.2) is 44.0 Å². The van der Waals surface area contributed by atoms with Crippen molar-refractivity contribution in [1.82, 2.24) is 10.3 Å². The molecule has 0 aromatic carbocycles. The lowest BCUT2D eigenvalue weighted by atomic mass is 10.2. The van der Waals surface area contributed by atoms with Crippen molar-refractivity contribution in [2.24, 2.45) is 0 Å². The minimum Gasteiger partial charge on any atom is -0.491 e. The van der Waals surface area contributed by atoms with Crippen LogP contribution in [0.4, 0.5) is 0 Å². The summed E-state index contributed by atoms with van der Waals surface area (Å²) in [6, 6.07) is 0.723. The summed E-state index contributed by atoms with van der Waals surface area (Å²) in [5, 5.41) is 2.59. The van der Waals surface area contributed by atoms with Crippen LogP contribution in [0.2, 0.25) is 0 Å². The fourth-order valence-corrected chi connectivity index (χ4v) is 3.59. The number of amides is 1. The van der Waals surface area contributed by atoms with Gasteiger partial charge in [-0.2, -0.15) is 0 Å². The number of carbonyl (C=O) groups excluding carboxylic acids is 1. The van der Waals surface area contributed by atoms with Crippen LogP contribution in [0.5, 0.6) is 5.75 Å². The quantitative estimate of drug-likeness (QED) is 0.764. The number of hydrogen-bond acceptors (Lipinski definition) is 5. The summed E-state index contributed by atoms with van der Waals surface area (Å²) in [6.45, 7) is 0. The van der Waals surface area contributed by atoms with Gasteiger partial charge in [0.05, 0.1) is 18.6 Å². The van der Waals surface area contributed by atoms with Crippen LogP contribution in [0.15, 0.2) is 17.1 Å². The van der Waals surface area contributed by atoms with Crippen LogP contribution >= 0.6 is 0 Å². The fraction of sp³-hybridized carbons (Fsp3) is 0.455. The normalized spacial score (nSPS) is 21.0. The molecule has 1 aromatic heterocycles. The molecule has 8 heteroatoms. The number of aromatic amines is 1. The summed E-state index contributed by atoms with van der Waals surface area (Å²) in [7, 11) is -1.69. The van der Waals surface area contributed by atoms with Gasteiger partial charge in [-0.1, -0.05) is 0 Å². The molecule has 1 atom stereocenters. The molecule has 0 radical (unpaired) electrons. The van der Waals surface area contributed by atoms with Crippen LogP contribution < -0.4 is 15.5 Å². The number of pyridine rings is 1. The lowest BCUT2D eigenvalue weighted by Crippen LogP contribution is -2.36. The van der Waals surface area contributed by atoms with Crippen molar-refractivity contribution in [3.63, 3.8) is 0 Å². The van der Waals surface area contributed by atoms with E-state index in [1.54, 1.807) is 0 Å². The number of carbonyl (C=O) groups is 1. The van der Waals surface area contributed by atoms with Gasteiger partial charge in [0.25, 0.3) is 5.91 Å². The minimum absolute atomic E-state index is 0.0564. The number of hydrogen-bond donors (Lipinski definition) is 2. The van der Waals surface area contributed by atoms with Crippen LogP contribution in [-0.2, 0) is 9.84 Å². The van der Waals surface area contributed by atoms with Crippen molar-refractivity contribution in [3.05, 3.63) is 28.2 Å². The highest BCUT2D eigenvalue weighted by atomic mass is 32.2. The summed E-state index contributed by atoms with van der Waals surface area (Å²) in [5.41, 5.74) is -0.333. The Morgan fingerprint density at radius 1 is 1.53 bits per heavy atom. The van der Waals surface area contributed by atoms with Crippen LogP contribution in [0.3, 0.4) is 0 Å². The van der Waals surface area contributed by atoms with E-state index in [0.29, 0.717) is 6.42 Å². The van der Waals surface area contributed by atoms with Crippen molar-refractivity contribution < 1.29 is 17.9 Å². The molecule has 1 saturated heterocycles. The first-order chi connectivity index (χ1) is 8.91. The molecule has 104 valence electrons. The zero-order chi connectivity index (χ0) is 14.0. The molecule has 1 amide bonds. The number of nitrogens with one attached hydrogen (secondary N) is 2. The third-order valence-corrected chi connectivity index (χ3v) is 4.68. The Morgan fingerprint density at radius 3 is 2.79 bits per heavy atom. The molecule has 1 aromatic rings. The SMILES string of the molecule is COc1c[nH]c(C(=O)NC2CCS(=O)(=O)C2)cc1=O. The van der Waals surface area contributed by atoms with Crippen molar-refractivity contribution >= 4 is 15.7 Å². The highest BCUT2D eigenvalue weighted by Gasteiger charge is 2.29. The highest BCUT2D eigenvalue weighted by Crippen LogP contribution is 2.11. The molecule has 1 aliphatic heterocycles. The van der Waals surface area contributed by atoms with E-state index in [4.69, 9.17) is 4.74 Å². The Kier molecular flexibility index (Phi) is 3.61. The van der Waals surface area contributed by atoms with Gasteiger partial charge in [0.1, 0.15) is 5.69 Å². The third kappa shape index (κ3) is 3.14. The summed E-state index contributed by atoms with van der Waals surface area (Å²) in [5.74, 6) is -0.363. The van der Waals surface area contributed by atoms with Gasteiger partial charge in [-0.15, -0.1) is 0 Å². The monoisotopic (exact) mass is 286 g/mol. The summed E-state index contributed by atoms with van der Waals surface area (Å²) in [4.78, 5) is 26.0. The average molecular weight is 286 g/mol. The first-order valence-electron chi connectivity index (χ1n) is 5.69. The molecule has 2 heterocycles. The largest absolute Gasteiger partial charge is 0.491 e. The second-order valence-corrected chi connectivity index (χ2v) is 6.58. The van der Waals surface area contributed by atoms with Crippen molar-refractivity contribution in [2.45, 2.75) is 12.5 Å². The van der Waals surface area contributed by atoms with Crippen molar-refractivity contribution in [1.29, 1.82) is 0 Å². The molecule has 0 spiro atoms. The molecule has 19 heavy (non-hydrogen) atoms. The highest BCUT2D eigenvalue weighted by molar-refractivity contribution is 7.91.